The minimum absolute atomic E-state index is 0.299. The van der Waals surface area contributed by atoms with Crippen molar-refractivity contribution in [3.05, 3.63) is 48.0 Å². The first-order valence-corrected chi connectivity index (χ1v) is 7.74. The summed E-state index contributed by atoms with van der Waals surface area (Å²) in [6.45, 7) is 0. The molecule has 0 spiro atoms. The molecule has 0 saturated carbocycles. The number of para-hydroxylation sites is 1. The number of carbonyl (C=O) groups excluding carboxylic acids is 1. The number of methoxy groups -OCH3 is 2. The zero-order valence-electron chi connectivity index (χ0n) is 13.8. The van der Waals surface area contributed by atoms with E-state index in [9.17, 15) is 4.79 Å². The van der Waals surface area contributed by atoms with E-state index in [0.29, 0.717) is 18.6 Å². The third-order valence-electron chi connectivity index (χ3n) is 4.11. The van der Waals surface area contributed by atoms with Crippen LogP contribution in [-0.4, -0.2) is 25.1 Å². The van der Waals surface area contributed by atoms with E-state index in [1.165, 1.54) is 0 Å². The van der Waals surface area contributed by atoms with E-state index < -0.39 is 0 Å². The van der Waals surface area contributed by atoms with Crippen LogP contribution in [0.5, 0.6) is 11.5 Å². The first-order valence-electron chi connectivity index (χ1n) is 7.74. The number of aryl methyl sites for hydroxylation is 1. The van der Waals surface area contributed by atoms with Crippen LogP contribution < -0.4 is 15.2 Å². The summed E-state index contributed by atoms with van der Waals surface area (Å²) in [7, 11) is 3.25. The quantitative estimate of drug-likeness (QED) is 0.730. The Bertz CT molecular complexity index is 883. The summed E-state index contributed by atoms with van der Waals surface area (Å²) < 4.78 is 10.8. The van der Waals surface area contributed by atoms with Crippen molar-refractivity contribution in [1.29, 1.82) is 0 Å². The van der Waals surface area contributed by atoms with Gasteiger partial charge in [-0.2, -0.15) is 0 Å². The lowest BCUT2D eigenvalue weighted by Crippen LogP contribution is -2.11. The fourth-order valence-corrected chi connectivity index (χ4v) is 2.94. The Hall–Kier alpha value is -2.95. The van der Waals surface area contributed by atoms with Gasteiger partial charge in [0.1, 0.15) is 11.5 Å². The van der Waals surface area contributed by atoms with Crippen molar-refractivity contribution < 1.29 is 14.3 Å². The molecule has 0 atom stereocenters. The number of H-pyrrole nitrogens is 1. The van der Waals surface area contributed by atoms with Crippen LogP contribution in [0.4, 0.5) is 0 Å². The molecular formula is C19H20N2O3. The SMILES string of the molecule is COc1ccc(-c2[nH]c3ccccc3c2CCC(N)=O)c(OC)c1. The van der Waals surface area contributed by atoms with Crippen molar-refractivity contribution >= 4 is 16.8 Å². The van der Waals surface area contributed by atoms with Crippen molar-refractivity contribution in [3.63, 3.8) is 0 Å². The van der Waals surface area contributed by atoms with Gasteiger partial charge >= 0.3 is 0 Å². The molecule has 3 rings (SSSR count). The maximum atomic E-state index is 11.3. The second-order valence-corrected chi connectivity index (χ2v) is 5.56. The van der Waals surface area contributed by atoms with Crippen LogP contribution in [-0.2, 0) is 11.2 Å². The Morgan fingerprint density at radius 3 is 2.62 bits per heavy atom. The van der Waals surface area contributed by atoms with Gasteiger partial charge in [-0.1, -0.05) is 18.2 Å². The molecule has 0 unspecified atom stereocenters. The molecule has 124 valence electrons. The summed E-state index contributed by atoms with van der Waals surface area (Å²) in [6.07, 6.45) is 0.872. The van der Waals surface area contributed by atoms with E-state index >= 15 is 0 Å². The molecule has 5 heteroatoms. The standard InChI is InChI=1S/C19H20N2O3/c1-23-12-7-8-15(17(11-12)24-2)19-14(9-10-18(20)22)13-5-3-4-6-16(13)21-19/h3-8,11,21H,9-10H2,1-2H3,(H2,20,22). The molecule has 0 aliphatic heterocycles. The van der Waals surface area contributed by atoms with E-state index in [4.69, 9.17) is 15.2 Å². The first-order chi connectivity index (χ1) is 11.6. The molecule has 1 heterocycles. The summed E-state index contributed by atoms with van der Waals surface area (Å²) in [5.74, 6) is 1.12. The third-order valence-corrected chi connectivity index (χ3v) is 4.11. The number of nitrogens with two attached hydrogens (primary N) is 1. The number of aromatic amines is 1. The van der Waals surface area contributed by atoms with Gasteiger partial charge in [-0.3, -0.25) is 4.79 Å². The van der Waals surface area contributed by atoms with Crippen LogP contribution in [0, 0.1) is 0 Å². The molecule has 3 aromatic rings. The molecule has 0 bridgehead atoms. The highest BCUT2D eigenvalue weighted by Crippen LogP contribution is 2.38. The fourth-order valence-electron chi connectivity index (χ4n) is 2.94. The molecule has 1 amide bonds. The number of hydrogen-bond acceptors (Lipinski definition) is 3. The average molecular weight is 324 g/mol. The van der Waals surface area contributed by atoms with Crippen LogP contribution in [0.25, 0.3) is 22.2 Å². The predicted molar refractivity (Wildman–Crippen MR) is 94.4 cm³/mol. The number of fused-ring (bicyclic) bond motifs is 1. The summed E-state index contributed by atoms with van der Waals surface area (Å²) in [6, 6.07) is 13.7. The highest BCUT2D eigenvalue weighted by molar-refractivity contribution is 5.92. The highest BCUT2D eigenvalue weighted by Gasteiger charge is 2.17. The van der Waals surface area contributed by atoms with Gasteiger partial charge in [0, 0.05) is 29.0 Å². The largest absolute Gasteiger partial charge is 0.497 e. The number of ether oxygens (including phenoxy) is 2. The Kier molecular flexibility index (Phi) is 4.42. The molecule has 3 N–H and O–H groups in total. The predicted octanol–water partition coefficient (Wildman–Crippen LogP) is 3.27. The van der Waals surface area contributed by atoms with Gasteiger partial charge in [0.15, 0.2) is 0 Å². The van der Waals surface area contributed by atoms with Crippen molar-refractivity contribution in [2.45, 2.75) is 12.8 Å². The Labute approximate surface area is 140 Å². The van der Waals surface area contributed by atoms with Crippen LogP contribution in [0.2, 0.25) is 0 Å². The van der Waals surface area contributed by atoms with Gasteiger partial charge in [-0.15, -0.1) is 0 Å². The molecule has 0 aliphatic rings. The number of rotatable bonds is 6. The third kappa shape index (κ3) is 2.93. The van der Waals surface area contributed by atoms with Crippen LogP contribution in [0.15, 0.2) is 42.5 Å². The van der Waals surface area contributed by atoms with Crippen LogP contribution in [0.1, 0.15) is 12.0 Å². The normalized spacial score (nSPS) is 10.8. The van der Waals surface area contributed by atoms with Crippen LogP contribution >= 0.6 is 0 Å². The molecule has 0 radical (unpaired) electrons. The number of nitrogens with one attached hydrogen (secondary N) is 1. The van der Waals surface area contributed by atoms with Gasteiger partial charge in [0.2, 0.25) is 5.91 Å². The number of benzene rings is 2. The lowest BCUT2D eigenvalue weighted by molar-refractivity contribution is -0.117. The highest BCUT2D eigenvalue weighted by atomic mass is 16.5. The topological polar surface area (TPSA) is 77.3 Å². The zero-order valence-corrected chi connectivity index (χ0v) is 13.8. The van der Waals surface area contributed by atoms with Crippen molar-refractivity contribution in [1.82, 2.24) is 4.98 Å². The second kappa shape index (κ2) is 6.66. The smallest absolute Gasteiger partial charge is 0.217 e. The maximum Gasteiger partial charge on any atom is 0.217 e. The van der Waals surface area contributed by atoms with Gasteiger partial charge in [-0.25, -0.2) is 0 Å². The van der Waals surface area contributed by atoms with Gasteiger partial charge in [0.05, 0.1) is 19.9 Å². The average Bonchev–Trinajstić information content (AvgIpc) is 2.97. The molecule has 0 aliphatic carbocycles. The minimum Gasteiger partial charge on any atom is -0.497 e. The molecular weight excluding hydrogens is 304 g/mol. The number of primary amides is 1. The molecule has 2 aromatic carbocycles. The molecule has 0 fully saturated rings. The maximum absolute atomic E-state index is 11.3. The number of hydrogen-bond donors (Lipinski definition) is 2. The Balaban J connectivity index is 2.18. The van der Waals surface area contributed by atoms with Crippen molar-refractivity contribution in [2.75, 3.05) is 14.2 Å². The fraction of sp³-hybridized carbons (Fsp3) is 0.211. The van der Waals surface area contributed by atoms with Crippen molar-refractivity contribution in [3.8, 4) is 22.8 Å². The second-order valence-electron chi connectivity index (χ2n) is 5.56. The zero-order chi connectivity index (χ0) is 17.1. The van der Waals surface area contributed by atoms with E-state index in [2.05, 4.69) is 4.98 Å². The Morgan fingerprint density at radius 2 is 1.92 bits per heavy atom. The van der Waals surface area contributed by atoms with E-state index in [0.717, 1.165) is 33.5 Å². The summed E-state index contributed by atoms with van der Waals surface area (Å²) in [4.78, 5) is 14.7. The van der Waals surface area contributed by atoms with Crippen LogP contribution in [0.3, 0.4) is 0 Å². The van der Waals surface area contributed by atoms with Gasteiger partial charge in [-0.05, 0) is 30.2 Å². The molecule has 1 aromatic heterocycles. The first kappa shape index (κ1) is 15.9. The monoisotopic (exact) mass is 324 g/mol. The summed E-state index contributed by atoms with van der Waals surface area (Å²) in [5.41, 5.74) is 9.29. The minimum atomic E-state index is -0.312. The summed E-state index contributed by atoms with van der Waals surface area (Å²) in [5, 5.41) is 1.09. The molecule has 0 saturated heterocycles. The molecule has 24 heavy (non-hydrogen) atoms. The molecule has 5 nitrogen and oxygen atoms in total. The summed E-state index contributed by atoms with van der Waals surface area (Å²) >= 11 is 0. The lowest BCUT2D eigenvalue weighted by atomic mass is 10.0. The van der Waals surface area contributed by atoms with E-state index in [-0.39, 0.29) is 5.91 Å². The van der Waals surface area contributed by atoms with E-state index in [1.54, 1.807) is 14.2 Å². The van der Waals surface area contributed by atoms with E-state index in [1.807, 2.05) is 42.5 Å². The van der Waals surface area contributed by atoms with Gasteiger partial charge in [0.25, 0.3) is 0 Å². The number of aromatic nitrogens is 1. The number of carbonyl (C=O) groups is 1. The van der Waals surface area contributed by atoms with Crippen molar-refractivity contribution in [2.24, 2.45) is 5.73 Å². The lowest BCUT2D eigenvalue weighted by Gasteiger charge is -2.11. The van der Waals surface area contributed by atoms with Gasteiger partial charge < -0.3 is 20.2 Å². The Morgan fingerprint density at radius 1 is 1.12 bits per heavy atom. The number of amides is 1.